The Morgan fingerprint density at radius 3 is 2.33 bits per heavy atom. The Morgan fingerprint density at radius 1 is 0.879 bits per heavy atom. The van der Waals surface area contributed by atoms with Crippen LogP contribution in [0.1, 0.15) is 21.5 Å². The van der Waals surface area contributed by atoms with Gasteiger partial charge in [0, 0.05) is 21.8 Å². The van der Waals surface area contributed by atoms with E-state index in [-0.39, 0.29) is 12.5 Å². The van der Waals surface area contributed by atoms with Gasteiger partial charge in [-0.25, -0.2) is 0 Å². The molecular formula is C28H24ClNO3. The molecule has 0 bridgehead atoms. The van der Waals surface area contributed by atoms with Gasteiger partial charge in [0.1, 0.15) is 18.1 Å². The van der Waals surface area contributed by atoms with E-state index in [0.717, 1.165) is 28.0 Å². The Morgan fingerprint density at radius 2 is 1.61 bits per heavy atom. The quantitative estimate of drug-likeness (QED) is 0.320. The van der Waals surface area contributed by atoms with Crippen LogP contribution in [-0.2, 0) is 6.61 Å². The van der Waals surface area contributed by atoms with Crippen LogP contribution in [0.5, 0.6) is 11.5 Å². The van der Waals surface area contributed by atoms with Gasteiger partial charge in [-0.3, -0.25) is 4.79 Å². The van der Waals surface area contributed by atoms with Crippen molar-refractivity contribution in [2.45, 2.75) is 13.5 Å². The van der Waals surface area contributed by atoms with Crippen LogP contribution in [0.4, 0.5) is 5.69 Å². The van der Waals surface area contributed by atoms with Crippen LogP contribution in [0.25, 0.3) is 11.1 Å². The van der Waals surface area contributed by atoms with E-state index in [1.807, 2.05) is 55.5 Å². The van der Waals surface area contributed by atoms with Crippen molar-refractivity contribution in [3.8, 4) is 22.6 Å². The first-order valence-corrected chi connectivity index (χ1v) is 10.9. The molecular weight excluding hydrogens is 434 g/mol. The van der Waals surface area contributed by atoms with Gasteiger partial charge in [0.25, 0.3) is 5.91 Å². The number of benzene rings is 4. The first kappa shape index (κ1) is 22.4. The summed E-state index contributed by atoms with van der Waals surface area (Å²) in [7, 11) is 1.60. The average Bonchev–Trinajstić information content (AvgIpc) is 2.86. The monoisotopic (exact) mass is 457 g/mol. The zero-order valence-electron chi connectivity index (χ0n) is 18.5. The minimum absolute atomic E-state index is 0.225. The number of anilines is 1. The number of amides is 1. The Kier molecular flexibility index (Phi) is 6.96. The molecule has 1 amide bonds. The first-order chi connectivity index (χ1) is 16.0. The summed E-state index contributed by atoms with van der Waals surface area (Å²) in [4.78, 5) is 12.8. The topological polar surface area (TPSA) is 47.6 Å². The fourth-order valence-electron chi connectivity index (χ4n) is 3.51. The van der Waals surface area contributed by atoms with Crippen molar-refractivity contribution in [1.82, 2.24) is 0 Å². The highest BCUT2D eigenvalue weighted by atomic mass is 35.5. The van der Waals surface area contributed by atoms with Crippen molar-refractivity contribution in [2.24, 2.45) is 0 Å². The molecule has 0 radical (unpaired) electrons. The Bertz CT molecular complexity index is 1250. The molecule has 166 valence electrons. The maximum Gasteiger partial charge on any atom is 0.255 e. The molecule has 5 heteroatoms. The van der Waals surface area contributed by atoms with E-state index in [2.05, 4.69) is 17.4 Å². The van der Waals surface area contributed by atoms with Crippen molar-refractivity contribution in [3.05, 3.63) is 113 Å². The average molecular weight is 458 g/mol. The fraction of sp³-hybridized carbons (Fsp3) is 0.107. The lowest BCUT2D eigenvalue weighted by Gasteiger charge is -2.14. The molecule has 0 spiro atoms. The molecule has 0 aromatic heterocycles. The summed E-state index contributed by atoms with van der Waals surface area (Å²) in [5.74, 6) is 1.17. The molecule has 0 aliphatic carbocycles. The smallest absolute Gasteiger partial charge is 0.255 e. The second-order valence-corrected chi connectivity index (χ2v) is 7.98. The van der Waals surface area contributed by atoms with Crippen molar-refractivity contribution >= 4 is 23.2 Å². The second kappa shape index (κ2) is 10.2. The van der Waals surface area contributed by atoms with Crippen molar-refractivity contribution in [1.29, 1.82) is 0 Å². The normalized spacial score (nSPS) is 10.5. The van der Waals surface area contributed by atoms with E-state index in [4.69, 9.17) is 21.1 Å². The molecule has 0 unspecified atom stereocenters. The minimum atomic E-state index is -0.225. The van der Waals surface area contributed by atoms with Crippen LogP contribution in [0.15, 0.2) is 91.0 Å². The lowest BCUT2D eigenvalue weighted by molar-refractivity contribution is 0.102. The van der Waals surface area contributed by atoms with Gasteiger partial charge >= 0.3 is 0 Å². The molecule has 0 saturated carbocycles. The second-order valence-electron chi connectivity index (χ2n) is 7.57. The lowest BCUT2D eigenvalue weighted by atomic mass is 10.1. The highest BCUT2D eigenvalue weighted by molar-refractivity contribution is 6.31. The molecule has 0 atom stereocenters. The lowest BCUT2D eigenvalue weighted by Crippen LogP contribution is -2.13. The van der Waals surface area contributed by atoms with Crippen LogP contribution in [0, 0.1) is 6.92 Å². The van der Waals surface area contributed by atoms with Crippen LogP contribution >= 0.6 is 11.6 Å². The van der Waals surface area contributed by atoms with Gasteiger partial charge in [-0.15, -0.1) is 0 Å². The highest BCUT2D eigenvalue weighted by Crippen LogP contribution is 2.27. The van der Waals surface area contributed by atoms with E-state index >= 15 is 0 Å². The number of carbonyl (C=O) groups excluding carboxylic acids is 1. The number of hydrogen-bond donors (Lipinski definition) is 1. The van der Waals surface area contributed by atoms with Crippen LogP contribution < -0.4 is 14.8 Å². The van der Waals surface area contributed by atoms with Crippen molar-refractivity contribution in [3.63, 3.8) is 0 Å². The summed E-state index contributed by atoms with van der Waals surface area (Å²) in [5.41, 5.74) is 5.06. The van der Waals surface area contributed by atoms with E-state index in [1.165, 1.54) is 0 Å². The molecule has 4 rings (SSSR count). The molecule has 0 saturated heterocycles. The zero-order valence-corrected chi connectivity index (χ0v) is 19.2. The maximum absolute atomic E-state index is 12.8. The zero-order chi connectivity index (χ0) is 23.2. The van der Waals surface area contributed by atoms with Gasteiger partial charge in [0.05, 0.1) is 7.11 Å². The molecule has 33 heavy (non-hydrogen) atoms. The number of hydrogen-bond acceptors (Lipinski definition) is 3. The number of ether oxygens (including phenoxy) is 2. The van der Waals surface area contributed by atoms with E-state index in [0.29, 0.717) is 22.0 Å². The van der Waals surface area contributed by atoms with E-state index < -0.39 is 0 Å². The summed E-state index contributed by atoms with van der Waals surface area (Å²) in [6.07, 6.45) is 0. The van der Waals surface area contributed by atoms with Gasteiger partial charge in [0.15, 0.2) is 0 Å². The summed E-state index contributed by atoms with van der Waals surface area (Å²) < 4.78 is 11.5. The van der Waals surface area contributed by atoms with Crippen LogP contribution in [-0.4, -0.2) is 13.0 Å². The minimum Gasteiger partial charge on any atom is -0.496 e. The summed E-state index contributed by atoms with van der Waals surface area (Å²) in [6, 6.07) is 28.8. The molecule has 0 aliphatic heterocycles. The Hall–Kier alpha value is -3.76. The highest BCUT2D eigenvalue weighted by Gasteiger charge is 2.13. The van der Waals surface area contributed by atoms with Crippen molar-refractivity contribution in [2.75, 3.05) is 12.4 Å². The maximum atomic E-state index is 12.8. The van der Waals surface area contributed by atoms with Gasteiger partial charge in [-0.05, 0) is 66.1 Å². The third-order valence-corrected chi connectivity index (χ3v) is 5.82. The number of halogens is 1. The predicted molar refractivity (Wildman–Crippen MR) is 133 cm³/mol. The summed E-state index contributed by atoms with van der Waals surface area (Å²) >= 11 is 6.17. The number of methoxy groups -OCH3 is 1. The van der Waals surface area contributed by atoms with Gasteiger partial charge in [-0.2, -0.15) is 0 Å². The van der Waals surface area contributed by atoms with Gasteiger partial charge < -0.3 is 14.8 Å². The Labute approximate surface area is 198 Å². The molecule has 4 nitrogen and oxygen atoms in total. The predicted octanol–water partition coefficient (Wildman–Crippen LogP) is 7.16. The number of nitrogens with one attached hydrogen (secondary N) is 1. The van der Waals surface area contributed by atoms with Crippen molar-refractivity contribution < 1.29 is 14.3 Å². The van der Waals surface area contributed by atoms with Crippen LogP contribution in [0.3, 0.4) is 0 Å². The third-order valence-electron chi connectivity index (χ3n) is 5.41. The Balaban J connectivity index is 1.48. The van der Waals surface area contributed by atoms with E-state index in [1.54, 1.807) is 37.4 Å². The molecule has 0 heterocycles. The molecule has 1 N–H and O–H groups in total. The third kappa shape index (κ3) is 5.36. The van der Waals surface area contributed by atoms with Gasteiger partial charge in [-0.1, -0.05) is 60.1 Å². The molecule has 4 aromatic carbocycles. The largest absolute Gasteiger partial charge is 0.496 e. The summed E-state index contributed by atoms with van der Waals surface area (Å²) in [5, 5.41) is 3.53. The van der Waals surface area contributed by atoms with Crippen LogP contribution in [0.2, 0.25) is 5.02 Å². The molecule has 4 aromatic rings. The SMILES string of the molecule is COc1ccc(C(=O)Nc2cccc(Cl)c2C)cc1COc1ccc(-c2ccccc2)cc1. The first-order valence-electron chi connectivity index (χ1n) is 10.6. The molecule has 0 aliphatic rings. The molecule has 0 fully saturated rings. The number of carbonyl (C=O) groups is 1. The summed E-state index contributed by atoms with van der Waals surface area (Å²) in [6.45, 7) is 2.14. The fourth-order valence-corrected chi connectivity index (χ4v) is 3.68. The standard InChI is InChI=1S/C28H24ClNO3/c1-19-25(29)9-6-10-26(19)30-28(31)22-13-16-27(32-2)23(17-22)18-33-24-14-11-21(12-15-24)20-7-4-3-5-8-20/h3-17H,18H2,1-2H3,(H,30,31). The number of rotatable bonds is 7. The van der Waals surface area contributed by atoms with Gasteiger partial charge in [0.2, 0.25) is 0 Å². The van der Waals surface area contributed by atoms with E-state index in [9.17, 15) is 4.79 Å².